The first-order valence-electron chi connectivity index (χ1n) is 16.6. The van der Waals surface area contributed by atoms with Crippen molar-refractivity contribution in [3.8, 4) is 57.8 Å². The predicted molar refractivity (Wildman–Crippen MR) is 206 cm³/mol. The Hall–Kier alpha value is -8.76. The molecular formula is C40H28N12O4. The Kier molecular flexibility index (Phi) is 10.6. The standard InChI is InChI=1S/2C20H14N6O2/c21-11-15-9-17(5-7-23-15)28-16-3-1-14(2-4-16)24-19-10-18(22)25-20(26-19)13-6-8-27-12-13;21-11-15-9-17(5-7-23-15)28-16-3-1-14(2-4-16)24-19-10-18(25-20(22)26-19)13-6-8-27-12-13/h2*1-10,12H,(H3,22,24,25,26). The maximum Gasteiger partial charge on any atom is 0.222 e. The molecule has 2 aromatic carbocycles. The lowest BCUT2D eigenvalue weighted by molar-refractivity contribution is 0.481. The van der Waals surface area contributed by atoms with Crippen LogP contribution in [-0.2, 0) is 0 Å². The molecule has 0 fully saturated rings. The molecule has 0 bridgehead atoms. The van der Waals surface area contributed by atoms with Crippen molar-refractivity contribution in [3.05, 3.63) is 146 Å². The van der Waals surface area contributed by atoms with Gasteiger partial charge in [0.15, 0.2) is 5.82 Å². The average Bonchev–Trinajstić information content (AvgIpc) is 3.96. The Bertz CT molecular complexity index is 2450. The van der Waals surface area contributed by atoms with Gasteiger partial charge in [-0.05, 0) is 72.8 Å². The maximum absolute atomic E-state index is 8.90. The Balaban J connectivity index is 0.000000172. The minimum absolute atomic E-state index is 0.159. The third-order valence-electron chi connectivity index (χ3n) is 7.50. The second-order valence-electron chi connectivity index (χ2n) is 11.5. The lowest BCUT2D eigenvalue weighted by Gasteiger charge is -2.09. The van der Waals surface area contributed by atoms with Crippen molar-refractivity contribution >= 4 is 34.8 Å². The van der Waals surface area contributed by atoms with Gasteiger partial charge in [-0.25, -0.2) is 24.9 Å². The van der Waals surface area contributed by atoms with Crippen molar-refractivity contribution in [2.75, 3.05) is 22.1 Å². The number of nitrogens with zero attached hydrogens (tertiary/aromatic N) is 8. The molecular weight excluding hydrogens is 713 g/mol. The number of hydrogen-bond acceptors (Lipinski definition) is 16. The summed E-state index contributed by atoms with van der Waals surface area (Å²) in [7, 11) is 0. The van der Waals surface area contributed by atoms with E-state index in [0.717, 1.165) is 22.5 Å². The molecule has 16 heteroatoms. The van der Waals surface area contributed by atoms with Crippen molar-refractivity contribution in [2.45, 2.75) is 0 Å². The summed E-state index contributed by atoms with van der Waals surface area (Å²) < 4.78 is 21.6. The van der Waals surface area contributed by atoms with E-state index in [9.17, 15) is 0 Å². The van der Waals surface area contributed by atoms with Gasteiger partial charge < -0.3 is 40.4 Å². The van der Waals surface area contributed by atoms with Gasteiger partial charge in [0, 0.05) is 53.6 Å². The Morgan fingerprint density at radius 2 is 1.09 bits per heavy atom. The second kappa shape index (κ2) is 16.7. The number of ether oxygens (including phenoxy) is 2. The van der Waals surface area contributed by atoms with Crippen LogP contribution in [0.4, 0.5) is 34.8 Å². The lowest BCUT2D eigenvalue weighted by Crippen LogP contribution is -2.01. The normalized spacial score (nSPS) is 10.2. The Morgan fingerprint density at radius 1 is 0.554 bits per heavy atom. The molecule has 272 valence electrons. The fourth-order valence-corrected chi connectivity index (χ4v) is 4.99. The van der Waals surface area contributed by atoms with Crippen LogP contribution in [0.3, 0.4) is 0 Å². The Labute approximate surface area is 318 Å². The highest BCUT2D eigenvalue weighted by Gasteiger charge is 2.09. The van der Waals surface area contributed by atoms with E-state index < -0.39 is 0 Å². The van der Waals surface area contributed by atoms with Gasteiger partial charge in [0.2, 0.25) is 5.95 Å². The molecule has 0 amide bonds. The predicted octanol–water partition coefficient (Wildman–Crippen LogP) is 8.24. The SMILES string of the molecule is N#Cc1cc(Oc2ccc(Nc3cc(-c4ccoc4)nc(N)n3)cc2)ccn1.N#Cc1cc(Oc2ccc(Nc3cc(N)nc(-c4ccoc4)n3)cc2)ccn1. The molecule has 0 aliphatic rings. The molecule has 0 spiro atoms. The minimum atomic E-state index is 0.159. The zero-order chi connectivity index (χ0) is 38.7. The summed E-state index contributed by atoms with van der Waals surface area (Å²) >= 11 is 0. The summed E-state index contributed by atoms with van der Waals surface area (Å²) in [6.45, 7) is 0. The monoisotopic (exact) mass is 740 g/mol. The van der Waals surface area contributed by atoms with Crippen LogP contribution in [0.2, 0.25) is 0 Å². The number of nitrogens with two attached hydrogens (primary N) is 2. The van der Waals surface area contributed by atoms with Crippen LogP contribution in [0.25, 0.3) is 22.6 Å². The first-order valence-corrected chi connectivity index (χ1v) is 16.6. The fraction of sp³-hybridized carbons (Fsp3) is 0. The number of hydrogen-bond donors (Lipinski definition) is 4. The zero-order valence-electron chi connectivity index (χ0n) is 29.1. The van der Waals surface area contributed by atoms with Gasteiger partial charge in [-0.2, -0.15) is 15.5 Å². The summed E-state index contributed by atoms with van der Waals surface area (Å²) in [6, 6.07) is 32.1. The first kappa shape index (κ1) is 35.6. The first-order chi connectivity index (χ1) is 27.4. The van der Waals surface area contributed by atoms with Crippen LogP contribution in [0.5, 0.6) is 23.0 Å². The lowest BCUT2D eigenvalue weighted by atomic mass is 10.2. The van der Waals surface area contributed by atoms with Crippen LogP contribution >= 0.6 is 0 Å². The quantitative estimate of drug-likeness (QED) is 0.103. The smallest absolute Gasteiger partial charge is 0.222 e. The molecule has 6 N–H and O–H groups in total. The van der Waals surface area contributed by atoms with Gasteiger partial charge >= 0.3 is 0 Å². The summed E-state index contributed by atoms with van der Waals surface area (Å²) in [4.78, 5) is 24.9. The van der Waals surface area contributed by atoms with E-state index in [-0.39, 0.29) is 5.95 Å². The number of furan rings is 2. The van der Waals surface area contributed by atoms with Gasteiger partial charge in [-0.1, -0.05) is 0 Å². The zero-order valence-corrected chi connectivity index (χ0v) is 29.1. The van der Waals surface area contributed by atoms with Crippen LogP contribution in [0.1, 0.15) is 11.4 Å². The number of benzene rings is 2. The minimum Gasteiger partial charge on any atom is -0.472 e. The van der Waals surface area contributed by atoms with Crippen LogP contribution in [0.15, 0.2) is 143 Å². The molecule has 8 rings (SSSR count). The van der Waals surface area contributed by atoms with Crippen LogP contribution in [-0.4, -0.2) is 29.9 Å². The molecule has 0 radical (unpaired) electrons. The summed E-state index contributed by atoms with van der Waals surface area (Å²) in [5, 5.41) is 24.2. The van der Waals surface area contributed by atoms with Crippen molar-refractivity contribution in [1.29, 1.82) is 10.5 Å². The second-order valence-corrected chi connectivity index (χ2v) is 11.5. The molecule has 8 aromatic rings. The number of pyridine rings is 2. The van der Waals surface area contributed by atoms with Crippen LogP contribution in [0, 0.1) is 22.7 Å². The van der Waals surface area contributed by atoms with E-state index in [2.05, 4.69) is 40.5 Å². The number of nitrogen functional groups attached to an aromatic ring is 2. The maximum atomic E-state index is 8.90. The van der Waals surface area contributed by atoms with Crippen molar-refractivity contribution in [1.82, 2.24) is 29.9 Å². The highest BCUT2D eigenvalue weighted by atomic mass is 16.5. The van der Waals surface area contributed by atoms with Gasteiger partial charge in [0.05, 0.1) is 30.0 Å². The molecule has 6 aromatic heterocycles. The molecule has 6 heterocycles. The van der Waals surface area contributed by atoms with E-state index in [0.29, 0.717) is 63.4 Å². The van der Waals surface area contributed by atoms with Gasteiger partial charge in [-0.3, -0.25) is 0 Å². The molecule has 0 saturated carbocycles. The van der Waals surface area contributed by atoms with Gasteiger partial charge in [-0.15, -0.1) is 0 Å². The van der Waals surface area contributed by atoms with E-state index in [1.54, 1.807) is 97.8 Å². The highest BCUT2D eigenvalue weighted by Crippen LogP contribution is 2.28. The summed E-state index contributed by atoms with van der Waals surface area (Å²) in [5.74, 6) is 4.44. The van der Waals surface area contributed by atoms with E-state index in [4.69, 9.17) is 40.3 Å². The van der Waals surface area contributed by atoms with E-state index >= 15 is 0 Å². The number of nitrogens with one attached hydrogen (secondary N) is 2. The third kappa shape index (κ3) is 9.36. The van der Waals surface area contributed by atoms with Crippen LogP contribution < -0.4 is 31.6 Å². The third-order valence-corrected chi connectivity index (χ3v) is 7.50. The number of anilines is 6. The number of nitriles is 2. The topological polar surface area (TPSA) is 246 Å². The molecule has 0 aliphatic heterocycles. The van der Waals surface area contributed by atoms with Gasteiger partial charge in [0.25, 0.3) is 0 Å². The molecule has 0 saturated heterocycles. The number of rotatable bonds is 10. The molecule has 0 atom stereocenters. The van der Waals surface area contributed by atoms with Gasteiger partial charge in [0.1, 0.15) is 70.2 Å². The molecule has 0 aliphatic carbocycles. The molecule has 56 heavy (non-hydrogen) atoms. The number of aromatic nitrogens is 6. The molecule has 16 nitrogen and oxygen atoms in total. The largest absolute Gasteiger partial charge is 0.472 e. The van der Waals surface area contributed by atoms with E-state index in [1.807, 2.05) is 36.4 Å². The summed E-state index contributed by atoms with van der Waals surface area (Å²) in [6.07, 6.45) is 9.33. The van der Waals surface area contributed by atoms with E-state index in [1.165, 1.54) is 12.4 Å². The molecule has 0 unspecified atom stereocenters. The Morgan fingerprint density at radius 3 is 1.61 bits per heavy atom. The van der Waals surface area contributed by atoms with Crippen molar-refractivity contribution in [2.24, 2.45) is 0 Å². The average molecular weight is 741 g/mol. The fourth-order valence-electron chi connectivity index (χ4n) is 4.99. The highest BCUT2D eigenvalue weighted by molar-refractivity contribution is 5.67. The summed E-state index contributed by atoms with van der Waals surface area (Å²) in [5.41, 5.74) is 16.1. The van der Waals surface area contributed by atoms with Crippen molar-refractivity contribution < 1.29 is 18.3 Å². The van der Waals surface area contributed by atoms with Crippen molar-refractivity contribution in [3.63, 3.8) is 0 Å².